The lowest BCUT2D eigenvalue weighted by Gasteiger charge is -2.26. The van der Waals surface area contributed by atoms with Crippen molar-refractivity contribution in [1.29, 1.82) is 0 Å². The minimum absolute atomic E-state index is 0.879. The van der Waals surface area contributed by atoms with Gasteiger partial charge in [0, 0.05) is 28.0 Å². The maximum absolute atomic E-state index is 5.87. The number of anilines is 2. The van der Waals surface area contributed by atoms with E-state index in [1.807, 2.05) is 54.6 Å². The summed E-state index contributed by atoms with van der Waals surface area (Å²) in [6.45, 7) is 0. The number of hydrogen-bond donors (Lipinski definition) is 0. The first-order valence-corrected chi connectivity index (χ1v) is 6.38. The molecule has 0 saturated carbocycles. The van der Waals surface area contributed by atoms with Crippen molar-refractivity contribution in [1.82, 2.24) is 4.05 Å². The molecule has 0 saturated heterocycles. The zero-order valence-electron chi connectivity index (χ0n) is 8.72. The highest BCUT2D eigenvalue weighted by Crippen LogP contribution is 2.30. The molecule has 0 aliphatic rings. The molecule has 5 heteroatoms. The van der Waals surface area contributed by atoms with Gasteiger partial charge < -0.3 is 0 Å². The summed E-state index contributed by atoms with van der Waals surface area (Å²) in [5, 5.41) is 1.69. The minimum Gasteiger partial charge on any atom is -0.246 e. The van der Waals surface area contributed by atoms with E-state index in [-0.39, 0.29) is 0 Å². The van der Waals surface area contributed by atoms with Gasteiger partial charge in [-0.05, 0) is 40.4 Å². The molecule has 0 bridgehead atoms. The molecule has 0 unspecified atom stereocenters. The van der Waals surface area contributed by atoms with Gasteiger partial charge in [0.1, 0.15) is 0 Å². The second-order valence-corrected chi connectivity index (χ2v) is 5.07. The summed E-state index contributed by atoms with van der Waals surface area (Å²) in [7, 11) is 0. The standard InChI is InChI=1S/C12H9BrCl2N2/c13-10-6-8-12(9-7-10)16(17(14)15)11-4-2-1-3-5-11/h1-9H. The third-order valence-electron chi connectivity index (χ3n) is 2.22. The van der Waals surface area contributed by atoms with Gasteiger partial charge >= 0.3 is 0 Å². The average Bonchev–Trinajstić information content (AvgIpc) is 2.33. The summed E-state index contributed by atoms with van der Waals surface area (Å²) < 4.78 is 2.02. The molecule has 0 radical (unpaired) electrons. The molecule has 17 heavy (non-hydrogen) atoms. The van der Waals surface area contributed by atoms with Gasteiger partial charge in [0.05, 0.1) is 11.4 Å². The lowest BCUT2D eigenvalue weighted by atomic mass is 10.2. The summed E-state index contributed by atoms with van der Waals surface area (Å²) in [5.41, 5.74) is 1.77. The first-order valence-electron chi connectivity index (χ1n) is 4.91. The van der Waals surface area contributed by atoms with Crippen LogP contribution in [0.1, 0.15) is 0 Å². The third-order valence-corrected chi connectivity index (χ3v) is 3.05. The van der Waals surface area contributed by atoms with Crippen LogP contribution >= 0.6 is 39.5 Å². The van der Waals surface area contributed by atoms with Gasteiger partial charge in [-0.25, -0.2) is 5.01 Å². The monoisotopic (exact) mass is 330 g/mol. The summed E-state index contributed by atoms with van der Waals surface area (Å²) in [6, 6.07) is 17.4. The maximum Gasteiger partial charge on any atom is 0.0607 e. The van der Waals surface area contributed by atoms with Crippen molar-refractivity contribution in [3.05, 3.63) is 59.1 Å². The van der Waals surface area contributed by atoms with Crippen LogP contribution in [-0.2, 0) is 0 Å². The average molecular weight is 332 g/mol. The molecule has 2 rings (SSSR count). The van der Waals surface area contributed by atoms with Gasteiger partial charge in [-0.3, -0.25) is 0 Å². The van der Waals surface area contributed by atoms with Gasteiger partial charge in [-0.1, -0.05) is 34.1 Å². The highest BCUT2D eigenvalue weighted by Gasteiger charge is 2.14. The molecule has 0 aliphatic heterocycles. The van der Waals surface area contributed by atoms with Crippen LogP contribution < -0.4 is 5.01 Å². The lowest BCUT2D eigenvalue weighted by molar-refractivity contribution is 0.723. The number of hydrogen-bond acceptors (Lipinski definition) is 2. The van der Waals surface area contributed by atoms with E-state index in [1.54, 1.807) is 5.01 Å². The van der Waals surface area contributed by atoms with Crippen LogP contribution in [-0.4, -0.2) is 4.05 Å². The van der Waals surface area contributed by atoms with Crippen molar-refractivity contribution in [2.75, 3.05) is 5.01 Å². The Bertz CT molecular complexity index is 474. The van der Waals surface area contributed by atoms with Crippen molar-refractivity contribution in [2.24, 2.45) is 0 Å². The molecule has 0 aromatic heterocycles. The van der Waals surface area contributed by atoms with E-state index in [4.69, 9.17) is 23.6 Å². The fraction of sp³-hybridized carbons (Fsp3) is 0. The molecule has 0 amide bonds. The smallest absolute Gasteiger partial charge is 0.0607 e. The van der Waals surface area contributed by atoms with E-state index in [9.17, 15) is 0 Å². The molecule has 0 aliphatic carbocycles. The zero-order chi connectivity index (χ0) is 12.3. The zero-order valence-corrected chi connectivity index (χ0v) is 11.8. The summed E-state index contributed by atoms with van der Waals surface area (Å²) >= 11 is 15.1. The highest BCUT2D eigenvalue weighted by molar-refractivity contribution is 9.10. The molecule has 0 fully saturated rings. The Morgan fingerprint density at radius 3 is 1.82 bits per heavy atom. The third kappa shape index (κ3) is 3.13. The van der Waals surface area contributed by atoms with Crippen molar-refractivity contribution < 1.29 is 0 Å². The number of para-hydroxylation sites is 1. The van der Waals surface area contributed by atoms with Crippen molar-refractivity contribution >= 4 is 50.9 Å². The van der Waals surface area contributed by atoms with E-state index in [2.05, 4.69) is 15.9 Å². The van der Waals surface area contributed by atoms with E-state index >= 15 is 0 Å². The lowest BCUT2D eigenvalue weighted by Crippen LogP contribution is -2.24. The minimum atomic E-state index is 0.879. The van der Waals surface area contributed by atoms with Crippen molar-refractivity contribution in [3.8, 4) is 0 Å². The predicted molar refractivity (Wildman–Crippen MR) is 76.3 cm³/mol. The molecule has 2 aromatic carbocycles. The number of benzene rings is 2. The quantitative estimate of drug-likeness (QED) is 0.569. The van der Waals surface area contributed by atoms with Crippen LogP contribution in [0, 0.1) is 0 Å². The Balaban J connectivity index is 2.39. The van der Waals surface area contributed by atoms with Crippen LogP contribution in [0.3, 0.4) is 0 Å². The predicted octanol–water partition coefficient (Wildman–Crippen LogP) is 5.11. The molecule has 2 aromatic rings. The molecular formula is C12H9BrCl2N2. The van der Waals surface area contributed by atoms with Crippen molar-refractivity contribution in [3.63, 3.8) is 0 Å². The van der Waals surface area contributed by atoms with Gasteiger partial charge in [-0.15, -0.1) is 0 Å². The van der Waals surface area contributed by atoms with E-state index < -0.39 is 0 Å². The molecule has 88 valence electrons. The largest absolute Gasteiger partial charge is 0.246 e. The van der Waals surface area contributed by atoms with E-state index in [0.29, 0.717) is 0 Å². The Labute approximate surface area is 119 Å². The molecular weight excluding hydrogens is 323 g/mol. The fourth-order valence-electron chi connectivity index (χ4n) is 1.48. The molecule has 0 spiro atoms. The number of halogens is 3. The molecule has 2 nitrogen and oxygen atoms in total. The normalized spacial score (nSPS) is 10.6. The molecule has 0 atom stereocenters. The summed E-state index contributed by atoms with van der Waals surface area (Å²) in [5.74, 6) is 0. The second kappa shape index (κ2) is 5.74. The first kappa shape index (κ1) is 12.7. The van der Waals surface area contributed by atoms with Crippen LogP contribution in [0.5, 0.6) is 0 Å². The van der Waals surface area contributed by atoms with Crippen LogP contribution in [0.2, 0.25) is 0 Å². The maximum atomic E-state index is 5.87. The topological polar surface area (TPSA) is 6.48 Å². The van der Waals surface area contributed by atoms with Gasteiger partial charge in [-0.2, -0.15) is 0 Å². The van der Waals surface area contributed by atoms with Gasteiger partial charge in [0.2, 0.25) is 0 Å². The fourth-order valence-corrected chi connectivity index (χ4v) is 2.09. The van der Waals surface area contributed by atoms with E-state index in [1.165, 1.54) is 0 Å². The van der Waals surface area contributed by atoms with Crippen LogP contribution in [0.4, 0.5) is 11.4 Å². The Morgan fingerprint density at radius 2 is 1.29 bits per heavy atom. The summed E-state index contributed by atoms with van der Waals surface area (Å²) in [6.07, 6.45) is 0. The number of rotatable bonds is 3. The highest BCUT2D eigenvalue weighted by atomic mass is 79.9. The first-order chi connectivity index (χ1) is 8.18. The van der Waals surface area contributed by atoms with Crippen LogP contribution in [0.25, 0.3) is 0 Å². The van der Waals surface area contributed by atoms with Crippen molar-refractivity contribution in [2.45, 2.75) is 0 Å². The van der Waals surface area contributed by atoms with E-state index in [0.717, 1.165) is 19.9 Å². The van der Waals surface area contributed by atoms with Gasteiger partial charge in [0.25, 0.3) is 0 Å². The number of nitrogens with zero attached hydrogens (tertiary/aromatic N) is 2. The summed E-state index contributed by atoms with van der Waals surface area (Å²) in [4.78, 5) is 0. The SMILES string of the molecule is ClN(Cl)N(c1ccccc1)c1ccc(Br)cc1. The second-order valence-electron chi connectivity index (χ2n) is 3.34. The Hall–Kier alpha value is -0.740. The number of hydrazine groups is 1. The van der Waals surface area contributed by atoms with Gasteiger partial charge in [0.15, 0.2) is 0 Å². The molecule has 0 heterocycles. The Kier molecular flexibility index (Phi) is 4.29. The Morgan fingerprint density at radius 1 is 0.765 bits per heavy atom. The van der Waals surface area contributed by atoms with Crippen LogP contribution in [0.15, 0.2) is 59.1 Å². The molecule has 0 N–H and O–H groups in total.